The second kappa shape index (κ2) is 5.77. The zero-order valence-corrected chi connectivity index (χ0v) is 15.6. The van der Waals surface area contributed by atoms with Crippen molar-refractivity contribution in [1.29, 1.82) is 0 Å². The fourth-order valence-electron chi connectivity index (χ4n) is 8.11. The van der Waals surface area contributed by atoms with E-state index in [-0.39, 0.29) is 6.04 Å². The van der Waals surface area contributed by atoms with Crippen LogP contribution in [0.15, 0.2) is 5.18 Å². The molecule has 0 spiro atoms. The third-order valence-corrected chi connectivity index (χ3v) is 9.42. The molecular weight excluding hydrogens is 301 g/mol. The molecule has 9 atom stereocenters. The van der Waals surface area contributed by atoms with Gasteiger partial charge >= 0.3 is 0 Å². The standard InChI is InChI=1S/C21H34FNO/c1-13(23-24)17-6-7-18-16-5-4-14-12-15(22)8-10-20(14,2)19(16)9-11-21(17,18)3/h13-19H,4-12H2,1-3H3/t13?,14-,15+,16?,17+,18?,19?,20-,21+/m0/s1. The summed E-state index contributed by atoms with van der Waals surface area (Å²) < 4.78 is 14.0. The van der Waals surface area contributed by atoms with Crippen molar-refractivity contribution in [2.75, 3.05) is 0 Å². The highest BCUT2D eigenvalue weighted by atomic mass is 19.1. The Kier molecular flexibility index (Phi) is 4.08. The molecule has 3 heteroatoms. The van der Waals surface area contributed by atoms with Crippen molar-refractivity contribution >= 4 is 0 Å². The van der Waals surface area contributed by atoms with Gasteiger partial charge in [-0.15, -0.1) is 0 Å². The van der Waals surface area contributed by atoms with E-state index in [1.165, 1.54) is 38.5 Å². The predicted molar refractivity (Wildman–Crippen MR) is 95.4 cm³/mol. The molecule has 24 heavy (non-hydrogen) atoms. The Morgan fingerprint density at radius 1 is 0.958 bits per heavy atom. The van der Waals surface area contributed by atoms with Crippen molar-refractivity contribution in [3.8, 4) is 0 Å². The Morgan fingerprint density at radius 2 is 1.67 bits per heavy atom. The fourth-order valence-corrected chi connectivity index (χ4v) is 8.11. The smallest absolute Gasteiger partial charge is 0.100 e. The van der Waals surface area contributed by atoms with Crippen molar-refractivity contribution in [3.05, 3.63) is 4.91 Å². The number of hydrogen-bond donors (Lipinski definition) is 0. The third kappa shape index (κ3) is 2.25. The largest absolute Gasteiger partial charge is 0.247 e. The van der Waals surface area contributed by atoms with E-state index in [0.717, 1.165) is 37.0 Å². The van der Waals surface area contributed by atoms with Crippen molar-refractivity contribution in [2.24, 2.45) is 45.6 Å². The van der Waals surface area contributed by atoms with Gasteiger partial charge in [0, 0.05) is 0 Å². The Labute approximate surface area is 146 Å². The molecule has 4 rings (SSSR count). The summed E-state index contributed by atoms with van der Waals surface area (Å²) in [5, 5.41) is 3.41. The van der Waals surface area contributed by atoms with E-state index < -0.39 is 6.17 Å². The first-order valence-electron chi connectivity index (χ1n) is 10.4. The van der Waals surface area contributed by atoms with Crippen LogP contribution in [-0.4, -0.2) is 12.2 Å². The average Bonchev–Trinajstić information content (AvgIpc) is 2.92. The van der Waals surface area contributed by atoms with Gasteiger partial charge in [0.25, 0.3) is 0 Å². The number of fused-ring (bicyclic) bond motifs is 5. The van der Waals surface area contributed by atoms with Crippen LogP contribution in [0.1, 0.15) is 78.6 Å². The SMILES string of the molecule is CC(N=O)[C@H]1CCC2C3CC[C@H]4C[C@H](F)CC[C@]4(C)C3CC[C@@]21C. The molecule has 4 aliphatic rings. The van der Waals surface area contributed by atoms with Crippen LogP contribution in [0.3, 0.4) is 0 Å². The molecular formula is C21H34FNO. The lowest BCUT2D eigenvalue weighted by Crippen LogP contribution is -2.54. The average molecular weight is 336 g/mol. The lowest BCUT2D eigenvalue weighted by Gasteiger charge is -2.61. The summed E-state index contributed by atoms with van der Waals surface area (Å²) >= 11 is 0. The quantitative estimate of drug-likeness (QED) is 0.557. The highest BCUT2D eigenvalue weighted by Gasteiger charge is 2.60. The topological polar surface area (TPSA) is 29.4 Å². The maximum Gasteiger partial charge on any atom is 0.100 e. The lowest BCUT2D eigenvalue weighted by molar-refractivity contribution is -0.120. The van der Waals surface area contributed by atoms with E-state index in [1.54, 1.807) is 0 Å². The van der Waals surface area contributed by atoms with Crippen LogP contribution in [-0.2, 0) is 0 Å². The number of hydrogen-bond acceptors (Lipinski definition) is 2. The first-order chi connectivity index (χ1) is 11.4. The van der Waals surface area contributed by atoms with Crippen molar-refractivity contribution in [3.63, 3.8) is 0 Å². The van der Waals surface area contributed by atoms with E-state index in [2.05, 4.69) is 19.0 Å². The van der Waals surface area contributed by atoms with Gasteiger partial charge in [0.1, 0.15) is 6.17 Å². The second-order valence-electron chi connectivity index (χ2n) is 10.1. The molecule has 2 nitrogen and oxygen atoms in total. The number of alkyl halides is 1. The minimum atomic E-state index is -0.552. The second-order valence-corrected chi connectivity index (χ2v) is 10.1. The summed E-state index contributed by atoms with van der Waals surface area (Å²) in [5.74, 6) is 3.46. The molecule has 0 aromatic carbocycles. The molecule has 4 aliphatic carbocycles. The number of nitrogens with zero attached hydrogens (tertiary/aromatic N) is 1. The number of halogens is 1. The van der Waals surface area contributed by atoms with Gasteiger partial charge in [-0.25, -0.2) is 4.39 Å². The molecule has 0 aromatic rings. The van der Waals surface area contributed by atoms with Gasteiger partial charge < -0.3 is 0 Å². The Bertz CT molecular complexity index is 510. The molecule has 0 amide bonds. The Morgan fingerprint density at radius 3 is 2.42 bits per heavy atom. The van der Waals surface area contributed by atoms with Crippen LogP contribution in [0.2, 0.25) is 0 Å². The Balaban J connectivity index is 1.60. The van der Waals surface area contributed by atoms with Crippen molar-refractivity contribution in [2.45, 2.75) is 90.8 Å². The van der Waals surface area contributed by atoms with E-state index in [9.17, 15) is 9.30 Å². The summed E-state index contributed by atoms with van der Waals surface area (Å²) in [7, 11) is 0. The molecule has 0 radical (unpaired) electrons. The molecule has 0 saturated heterocycles. The van der Waals surface area contributed by atoms with E-state index in [4.69, 9.17) is 0 Å². The summed E-state index contributed by atoms with van der Waals surface area (Å²) in [5.41, 5.74) is 0.689. The number of nitroso groups, excluding NO2 is 1. The first kappa shape index (κ1) is 17.0. The van der Waals surface area contributed by atoms with Crippen LogP contribution in [0, 0.1) is 45.3 Å². The van der Waals surface area contributed by atoms with Crippen LogP contribution in [0.25, 0.3) is 0 Å². The summed E-state index contributed by atoms with van der Waals surface area (Å²) in [6, 6.07) is -0.0366. The van der Waals surface area contributed by atoms with Crippen LogP contribution in [0.5, 0.6) is 0 Å². The summed E-state index contributed by atoms with van der Waals surface area (Å²) in [6.07, 6.45) is 9.70. The maximum atomic E-state index is 14.0. The monoisotopic (exact) mass is 335 g/mol. The summed E-state index contributed by atoms with van der Waals surface area (Å²) in [4.78, 5) is 11.2. The molecule has 0 heterocycles. The van der Waals surface area contributed by atoms with Gasteiger partial charge in [-0.1, -0.05) is 19.0 Å². The molecule has 4 unspecified atom stereocenters. The van der Waals surface area contributed by atoms with Gasteiger partial charge in [-0.3, -0.25) is 0 Å². The highest BCUT2D eigenvalue weighted by Crippen LogP contribution is 2.68. The molecule has 4 saturated carbocycles. The van der Waals surface area contributed by atoms with Crippen molar-refractivity contribution in [1.82, 2.24) is 0 Å². The molecule has 0 N–H and O–H groups in total. The van der Waals surface area contributed by atoms with Gasteiger partial charge in [0.05, 0.1) is 6.04 Å². The van der Waals surface area contributed by atoms with Crippen molar-refractivity contribution < 1.29 is 4.39 Å². The minimum absolute atomic E-state index is 0.0366. The zero-order valence-electron chi connectivity index (χ0n) is 15.6. The van der Waals surface area contributed by atoms with Gasteiger partial charge in [0.2, 0.25) is 0 Å². The third-order valence-electron chi connectivity index (χ3n) is 9.42. The minimum Gasteiger partial charge on any atom is -0.247 e. The maximum absolute atomic E-state index is 14.0. The van der Waals surface area contributed by atoms with Gasteiger partial charge in [0.15, 0.2) is 0 Å². The predicted octanol–water partition coefficient (Wildman–Crippen LogP) is 6.14. The van der Waals surface area contributed by atoms with Gasteiger partial charge in [-0.2, -0.15) is 4.91 Å². The molecule has 0 aliphatic heterocycles. The number of rotatable bonds is 2. The first-order valence-corrected chi connectivity index (χ1v) is 10.4. The van der Waals surface area contributed by atoms with Crippen LogP contribution >= 0.6 is 0 Å². The summed E-state index contributed by atoms with van der Waals surface area (Å²) in [6.45, 7) is 6.98. The van der Waals surface area contributed by atoms with E-state index in [1.807, 2.05) is 6.92 Å². The molecule has 4 fully saturated rings. The molecule has 136 valence electrons. The Hall–Kier alpha value is -0.470. The van der Waals surface area contributed by atoms with Crippen LogP contribution in [0.4, 0.5) is 4.39 Å². The molecule has 0 bridgehead atoms. The van der Waals surface area contributed by atoms with Crippen LogP contribution < -0.4 is 0 Å². The lowest BCUT2D eigenvalue weighted by atomic mass is 9.44. The van der Waals surface area contributed by atoms with Gasteiger partial charge in [-0.05, 0) is 105 Å². The van der Waals surface area contributed by atoms with E-state index in [0.29, 0.717) is 22.7 Å². The molecule has 0 aromatic heterocycles. The highest BCUT2D eigenvalue weighted by molar-refractivity contribution is 5.10. The fraction of sp³-hybridized carbons (Fsp3) is 1.00. The normalized spacial score (nSPS) is 55.2. The zero-order chi connectivity index (χ0) is 17.1. The van der Waals surface area contributed by atoms with E-state index >= 15 is 0 Å².